The third-order valence-electron chi connectivity index (χ3n) is 10.9. The minimum absolute atomic E-state index is 0.853. The van der Waals surface area contributed by atoms with E-state index in [1.807, 2.05) is 24.3 Å². The standard InChI is InChI=1S/C52H33NO2/c1-2-13-34(14-3-1)39-20-10-15-36-16-11-22-45(51(36)39)41-17-4-7-24-47(41)53(38-31-32-44-42-18-5-8-25-48(42)54-50(44)33-38)37-29-27-35(28-30-37)40-21-12-23-46-43-19-6-9-26-49(43)55-52(40)46/h1-33H. The number of fused-ring (bicyclic) bond motifs is 7. The fourth-order valence-corrected chi connectivity index (χ4v) is 8.37. The lowest BCUT2D eigenvalue weighted by molar-refractivity contribution is 0.669. The average molecular weight is 704 g/mol. The van der Waals surface area contributed by atoms with Gasteiger partial charge in [0, 0.05) is 50.1 Å². The van der Waals surface area contributed by atoms with E-state index in [-0.39, 0.29) is 0 Å². The van der Waals surface area contributed by atoms with E-state index in [0.717, 1.165) is 77.6 Å². The van der Waals surface area contributed by atoms with Crippen molar-refractivity contribution in [1.82, 2.24) is 0 Å². The van der Waals surface area contributed by atoms with Gasteiger partial charge in [0.05, 0.1) is 5.69 Å². The molecule has 0 radical (unpaired) electrons. The molecular formula is C52H33NO2. The van der Waals surface area contributed by atoms with Crippen LogP contribution in [0.15, 0.2) is 209 Å². The van der Waals surface area contributed by atoms with Gasteiger partial charge < -0.3 is 13.7 Å². The summed E-state index contributed by atoms with van der Waals surface area (Å²) in [5, 5.41) is 6.90. The van der Waals surface area contributed by atoms with Gasteiger partial charge in [0.1, 0.15) is 22.3 Å². The molecule has 0 saturated heterocycles. The fourth-order valence-electron chi connectivity index (χ4n) is 8.37. The van der Waals surface area contributed by atoms with Gasteiger partial charge in [-0.1, -0.05) is 152 Å². The van der Waals surface area contributed by atoms with Gasteiger partial charge in [-0.15, -0.1) is 0 Å². The zero-order valence-corrected chi connectivity index (χ0v) is 29.8. The molecule has 0 aliphatic rings. The minimum atomic E-state index is 0.853. The molecule has 9 aromatic carbocycles. The highest BCUT2D eigenvalue weighted by molar-refractivity contribution is 6.11. The van der Waals surface area contributed by atoms with Gasteiger partial charge in [-0.3, -0.25) is 0 Å². The predicted molar refractivity (Wildman–Crippen MR) is 229 cm³/mol. The van der Waals surface area contributed by atoms with Gasteiger partial charge in [0.15, 0.2) is 0 Å². The van der Waals surface area contributed by atoms with E-state index in [1.165, 1.54) is 27.5 Å². The van der Waals surface area contributed by atoms with Crippen LogP contribution in [0.25, 0.3) is 88.0 Å². The molecule has 11 aromatic rings. The van der Waals surface area contributed by atoms with Crippen molar-refractivity contribution in [2.75, 3.05) is 4.90 Å². The van der Waals surface area contributed by atoms with Crippen LogP contribution in [-0.2, 0) is 0 Å². The largest absolute Gasteiger partial charge is 0.456 e. The van der Waals surface area contributed by atoms with Crippen molar-refractivity contribution in [2.24, 2.45) is 0 Å². The van der Waals surface area contributed by atoms with E-state index in [0.29, 0.717) is 0 Å². The van der Waals surface area contributed by atoms with Crippen molar-refractivity contribution < 1.29 is 8.83 Å². The molecule has 0 aliphatic carbocycles. The number of hydrogen-bond donors (Lipinski definition) is 0. The van der Waals surface area contributed by atoms with Gasteiger partial charge >= 0.3 is 0 Å². The van der Waals surface area contributed by atoms with Crippen molar-refractivity contribution >= 4 is 71.7 Å². The molecule has 0 atom stereocenters. The molecule has 0 bridgehead atoms. The number of para-hydroxylation sites is 4. The predicted octanol–water partition coefficient (Wildman–Crippen LogP) is 15.1. The lowest BCUT2D eigenvalue weighted by atomic mass is 9.90. The number of nitrogens with zero attached hydrogens (tertiary/aromatic N) is 1. The zero-order valence-electron chi connectivity index (χ0n) is 29.8. The first kappa shape index (κ1) is 31.2. The Hall–Kier alpha value is -7.36. The summed E-state index contributed by atoms with van der Waals surface area (Å²) in [5.74, 6) is 0. The molecule has 0 N–H and O–H groups in total. The molecule has 258 valence electrons. The number of anilines is 3. The first-order valence-corrected chi connectivity index (χ1v) is 18.7. The van der Waals surface area contributed by atoms with Gasteiger partial charge in [-0.05, 0) is 75.5 Å². The van der Waals surface area contributed by atoms with E-state index in [2.05, 4.69) is 181 Å². The van der Waals surface area contributed by atoms with Crippen LogP contribution in [0.1, 0.15) is 0 Å². The quantitative estimate of drug-likeness (QED) is 0.173. The Bertz CT molecular complexity index is 3200. The van der Waals surface area contributed by atoms with Crippen LogP contribution in [0.2, 0.25) is 0 Å². The molecule has 11 rings (SSSR count). The van der Waals surface area contributed by atoms with E-state index in [1.54, 1.807) is 0 Å². The maximum Gasteiger partial charge on any atom is 0.143 e. The van der Waals surface area contributed by atoms with Gasteiger partial charge in [-0.2, -0.15) is 0 Å². The highest BCUT2D eigenvalue weighted by Crippen LogP contribution is 2.46. The summed E-state index contributed by atoms with van der Waals surface area (Å²) in [6.45, 7) is 0. The Morgan fingerprint density at radius 1 is 0.327 bits per heavy atom. The first-order valence-electron chi connectivity index (χ1n) is 18.7. The summed E-state index contributed by atoms with van der Waals surface area (Å²) in [6, 6.07) is 71.0. The van der Waals surface area contributed by atoms with Crippen molar-refractivity contribution in [2.45, 2.75) is 0 Å². The van der Waals surface area contributed by atoms with Crippen molar-refractivity contribution in [3.63, 3.8) is 0 Å². The zero-order chi connectivity index (χ0) is 36.3. The Morgan fingerprint density at radius 3 is 1.71 bits per heavy atom. The summed E-state index contributed by atoms with van der Waals surface area (Å²) in [6.07, 6.45) is 0. The first-order chi connectivity index (χ1) is 27.3. The van der Waals surface area contributed by atoms with E-state index >= 15 is 0 Å². The Kier molecular flexibility index (Phi) is 7.17. The van der Waals surface area contributed by atoms with Crippen molar-refractivity contribution in [1.29, 1.82) is 0 Å². The third-order valence-corrected chi connectivity index (χ3v) is 10.9. The van der Waals surface area contributed by atoms with Crippen LogP contribution in [0.3, 0.4) is 0 Å². The smallest absolute Gasteiger partial charge is 0.143 e. The SMILES string of the molecule is c1ccc(-c2cccc3cccc(-c4ccccc4N(c4ccc(-c5cccc6c5oc5ccccc56)cc4)c4ccc5c(c4)oc4ccccc45)c23)cc1. The van der Waals surface area contributed by atoms with E-state index in [9.17, 15) is 0 Å². The monoisotopic (exact) mass is 703 g/mol. The summed E-state index contributed by atoms with van der Waals surface area (Å²) in [4.78, 5) is 2.36. The van der Waals surface area contributed by atoms with Crippen LogP contribution < -0.4 is 4.90 Å². The van der Waals surface area contributed by atoms with Gasteiger partial charge in [0.2, 0.25) is 0 Å². The van der Waals surface area contributed by atoms with Crippen molar-refractivity contribution in [3.05, 3.63) is 200 Å². The molecule has 2 heterocycles. The second-order valence-electron chi connectivity index (χ2n) is 14.0. The van der Waals surface area contributed by atoms with Gasteiger partial charge in [-0.25, -0.2) is 0 Å². The topological polar surface area (TPSA) is 29.5 Å². The van der Waals surface area contributed by atoms with Crippen LogP contribution >= 0.6 is 0 Å². The summed E-state index contributed by atoms with van der Waals surface area (Å²) >= 11 is 0. The molecule has 0 unspecified atom stereocenters. The maximum absolute atomic E-state index is 6.46. The summed E-state index contributed by atoms with van der Waals surface area (Å²) in [7, 11) is 0. The Morgan fingerprint density at radius 2 is 0.891 bits per heavy atom. The number of furan rings is 2. The van der Waals surface area contributed by atoms with Crippen LogP contribution in [-0.4, -0.2) is 0 Å². The molecule has 2 aromatic heterocycles. The number of rotatable bonds is 6. The molecule has 3 nitrogen and oxygen atoms in total. The summed E-state index contributed by atoms with van der Waals surface area (Å²) in [5.41, 5.74) is 13.5. The molecule has 3 heteroatoms. The Balaban J connectivity index is 1.12. The number of benzene rings is 9. The van der Waals surface area contributed by atoms with Gasteiger partial charge in [0.25, 0.3) is 0 Å². The maximum atomic E-state index is 6.46. The van der Waals surface area contributed by atoms with E-state index < -0.39 is 0 Å². The average Bonchev–Trinajstić information content (AvgIpc) is 3.82. The second-order valence-corrected chi connectivity index (χ2v) is 14.0. The molecule has 0 fully saturated rings. The lowest BCUT2D eigenvalue weighted by Crippen LogP contribution is -2.11. The molecule has 0 saturated carbocycles. The molecule has 0 aliphatic heterocycles. The Labute approximate surface area is 317 Å². The normalized spacial score (nSPS) is 11.6. The van der Waals surface area contributed by atoms with Crippen LogP contribution in [0.4, 0.5) is 17.1 Å². The second kappa shape index (κ2) is 12.6. The minimum Gasteiger partial charge on any atom is -0.456 e. The lowest BCUT2D eigenvalue weighted by Gasteiger charge is -2.28. The fraction of sp³-hybridized carbons (Fsp3) is 0. The number of hydrogen-bond acceptors (Lipinski definition) is 3. The summed E-state index contributed by atoms with van der Waals surface area (Å²) < 4.78 is 12.9. The highest BCUT2D eigenvalue weighted by atomic mass is 16.3. The van der Waals surface area contributed by atoms with Crippen molar-refractivity contribution in [3.8, 4) is 33.4 Å². The van der Waals surface area contributed by atoms with E-state index in [4.69, 9.17) is 8.83 Å². The molecule has 55 heavy (non-hydrogen) atoms. The van der Waals surface area contributed by atoms with Crippen LogP contribution in [0, 0.1) is 0 Å². The third kappa shape index (κ3) is 5.13. The molecular weight excluding hydrogens is 671 g/mol. The molecule has 0 amide bonds. The molecule has 0 spiro atoms. The highest BCUT2D eigenvalue weighted by Gasteiger charge is 2.21. The van der Waals surface area contributed by atoms with Crippen LogP contribution in [0.5, 0.6) is 0 Å².